The lowest BCUT2D eigenvalue weighted by Gasteiger charge is -2.18. The minimum atomic E-state index is -1.07. The highest BCUT2D eigenvalue weighted by Gasteiger charge is 2.18. The average Bonchev–Trinajstić information content (AvgIpc) is 3.78. The maximum absolute atomic E-state index is 9.81. The summed E-state index contributed by atoms with van der Waals surface area (Å²) in [6.45, 7) is 0. The molecular weight excluding hydrogens is 593 g/mol. The minimum Gasteiger partial charge on any atom is -0.455 e. The molecule has 1 heterocycles. The maximum atomic E-state index is 9.81. The van der Waals surface area contributed by atoms with Crippen molar-refractivity contribution in [3.8, 4) is 44.5 Å². The highest BCUT2D eigenvalue weighted by molar-refractivity contribution is 6.22. The van der Waals surface area contributed by atoms with Crippen molar-refractivity contribution in [1.29, 1.82) is 0 Å². The molecule has 49 heavy (non-hydrogen) atoms. The SMILES string of the molecule is [2H]c1cc2oc3c(-c4c([2H])c([2H])c([2H])c([2H])c4[2H])c([2H])c([2H])c([2H])c3c2c(-c2c([2H])c([2H])c3c([2H])c(-c4c5c([2H])c([2H])c([2H])c([2H])c5c(-c5c([2H])c([2H])c([2H])c([2H])c5[2H])c5c([2H])c([2H])c([2H])c([2H])c45)c([2H])c([2H])c3c2[2H])c1[2H]. The van der Waals surface area contributed by atoms with Gasteiger partial charge in [0.1, 0.15) is 11.2 Å². The van der Waals surface area contributed by atoms with E-state index in [1.165, 1.54) is 0 Å². The van der Waals surface area contributed by atoms with Crippen LogP contribution in [0, 0.1) is 0 Å². The van der Waals surface area contributed by atoms with Gasteiger partial charge in [-0.25, -0.2) is 0 Å². The van der Waals surface area contributed by atoms with Gasteiger partial charge in [0.2, 0.25) is 0 Å². The Bertz CT molecular complexity index is 4400. The highest BCUT2D eigenvalue weighted by Crippen LogP contribution is 2.45. The number of para-hydroxylation sites is 1. The Kier molecular flexibility index (Phi) is 2.56. The Hall–Kier alpha value is -6.44. The number of rotatable bonds is 4. The lowest BCUT2D eigenvalue weighted by molar-refractivity contribution is 0.670. The average molecular weight is 652 g/mol. The Morgan fingerprint density at radius 2 is 0.878 bits per heavy atom. The number of hydrogen-bond acceptors (Lipinski definition) is 1. The largest absolute Gasteiger partial charge is 0.455 e. The summed E-state index contributed by atoms with van der Waals surface area (Å²) in [4.78, 5) is 0. The van der Waals surface area contributed by atoms with Crippen molar-refractivity contribution < 1.29 is 44.2 Å². The molecule has 0 unspecified atom stereocenters. The molecule has 1 heteroatoms. The molecule has 0 aliphatic carbocycles. The Morgan fingerprint density at radius 3 is 1.53 bits per heavy atom. The number of furan rings is 1. The fourth-order valence-electron chi connectivity index (χ4n) is 5.91. The van der Waals surface area contributed by atoms with Crippen LogP contribution in [0.25, 0.3) is 98.8 Å². The van der Waals surface area contributed by atoms with E-state index in [4.69, 9.17) is 29.1 Å². The van der Waals surface area contributed by atoms with E-state index in [2.05, 4.69) is 0 Å². The van der Waals surface area contributed by atoms with Gasteiger partial charge in [0.05, 0.1) is 39.8 Å². The van der Waals surface area contributed by atoms with E-state index in [0.717, 1.165) is 6.07 Å². The van der Waals surface area contributed by atoms with E-state index in [1.807, 2.05) is 0 Å². The third-order valence-corrected chi connectivity index (χ3v) is 7.94. The van der Waals surface area contributed by atoms with Crippen molar-refractivity contribution in [3.63, 3.8) is 0 Å². The molecule has 0 amide bonds. The molecule has 0 atom stereocenters. The fourth-order valence-corrected chi connectivity index (χ4v) is 5.91. The summed E-state index contributed by atoms with van der Waals surface area (Å²) in [5, 5.41) is -5.19. The van der Waals surface area contributed by atoms with Crippen LogP contribution in [0.1, 0.15) is 39.8 Å². The molecule has 0 spiro atoms. The summed E-state index contributed by atoms with van der Waals surface area (Å²) in [6.07, 6.45) is 0. The van der Waals surface area contributed by atoms with Gasteiger partial charge >= 0.3 is 0 Å². The molecule has 10 rings (SSSR count). The molecular formula is C48H30O. The van der Waals surface area contributed by atoms with Crippen LogP contribution in [0.4, 0.5) is 0 Å². The van der Waals surface area contributed by atoms with Crippen LogP contribution in [-0.4, -0.2) is 0 Å². The third kappa shape index (κ3) is 4.40. The number of fused-ring (bicyclic) bond motifs is 6. The summed E-state index contributed by atoms with van der Waals surface area (Å²) in [7, 11) is 0. The smallest absolute Gasteiger partial charge is 0.143 e. The zero-order valence-electron chi connectivity index (χ0n) is 53.5. The van der Waals surface area contributed by atoms with Crippen LogP contribution < -0.4 is 0 Å². The first kappa shape index (κ1) is 11.3. The van der Waals surface area contributed by atoms with Crippen LogP contribution in [0.2, 0.25) is 0 Å². The van der Waals surface area contributed by atoms with Gasteiger partial charge in [-0.05, 0) is 89.4 Å². The number of benzene rings is 9. The molecule has 0 aliphatic heterocycles. The predicted molar refractivity (Wildman–Crippen MR) is 208 cm³/mol. The molecule has 1 nitrogen and oxygen atoms in total. The van der Waals surface area contributed by atoms with Crippen LogP contribution in [0.5, 0.6) is 0 Å². The summed E-state index contributed by atoms with van der Waals surface area (Å²) in [5.41, 5.74) is -6.44. The molecule has 1 aromatic heterocycles. The summed E-state index contributed by atoms with van der Waals surface area (Å²) < 4.78 is 266. The summed E-state index contributed by atoms with van der Waals surface area (Å²) in [6, 6.07) is -25.5. The first-order chi connectivity index (χ1) is 36.4. The summed E-state index contributed by atoms with van der Waals surface area (Å²) >= 11 is 0. The van der Waals surface area contributed by atoms with E-state index >= 15 is 0 Å². The quantitative estimate of drug-likeness (QED) is 0.173. The monoisotopic (exact) mass is 651 g/mol. The van der Waals surface area contributed by atoms with E-state index in [-0.39, 0.29) is 5.39 Å². The van der Waals surface area contributed by atoms with Gasteiger partial charge in [-0.15, -0.1) is 0 Å². The molecule has 0 fully saturated rings. The second-order valence-corrected chi connectivity index (χ2v) is 10.6. The molecule has 9 aromatic carbocycles. The van der Waals surface area contributed by atoms with Gasteiger partial charge in [-0.2, -0.15) is 0 Å². The Balaban J connectivity index is 1.40. The van der Waals surface area contributed by atoms with Gasteiger partial charge in [0, 0.05) is 16.3 Å². The molecule has 0 aliphatic rings. The lowest BCUT2D eigenvalue weighted by atomic mass is 9.85. The molecule has 0 bridgehead atoms. The number of hydrogen-bond donors (Lipinski definition) is 0. The standard InChI is InChI=1S/C48H30O/c1-3-13-31(14-4-1)38-22-11-23-43-47-37(21-12-24-44(47)49-48(38)43)35-27-25-34-30-36(28-26-33(34)29-35)46-41-19-9-7-17-39(41)45(32-15-5-2-6-16-32)40-18-8-10-20-42(40)46/h1-30H/i1D,2D,3D,4D,5D,6D,7D,8D,9D,10D,11D,12D,13D,14D,15D,16D,17D,18D,19D,20D,21D,22D,23D,25D,26D,27D,28D,29D,30D. The van der Waals surface area contributed by atoms with Crippen molar-refractivity contribution in [2.45, 2.75) is 0 Å². The topological polar surface area (TPSA) is 13.1 Å². The van der Waals surface area contributed by atoms with Crippen LogP contribution in [-0.2, 0) is 0 Å². The normalized spacial score (nSPS) is 20.0. The fraction of sp³-hybridized carbons (Fsp3) is 0. The molecule has 0 N–H and O–H groups in total. The van der Waals surface area contributed by atoms with E-state index in [1.54, 1.807) is 0 Å². The molecule has 0 radical (unpaired) electrons. The van der Waals surface area contributed by atoms with E-state index in [0.29, 0.717) is 0 Å². The highest BCUT2D eigenvalue weighted by atomic mass is 16.3. The third-order valence-electron chi connectivity index (χ3n) is 7.94. The van der Waals surface area contributed by atoms with Crippen LogP contribution in [0.15, 0.2) is 186 Å². The Morgan fingerprint density at radius 1 is 0.367 bits per heavy atom. The summed E-state index contributed by atoms with van der Waals surface area (Å²) in [5.74, 6) is 0. The van der Waals surface area contributed by atoms with E-state index in [9.17, 15) is 15.1 Å². The van der Waals surface area contributed by atoms with Crippen molar-refractivity contribution >= 4 is 54.3 Å². The molecule has 10 aromatic rings. The van der Waals surface area contributed by atoms with Gasteiger partial charge in [0.15, 0.2) is 0 Å². The van der Waals surface area contributed by atoms with Crippen molar-refractivity contribution in [1.82, 2.24) is 0 Å². The molecule has 228 valence electrons. The Labute approximate surface area is 325 Å². The van der Waals surface area contributed by atoms with Gasteiger partial charge in [0.25, 0.3) is 0 Å². The lowest BCUT2D eigenvalue weighted by Crippen LogP contribution is -1.90. The van der Waals surface area contributed by atoms with Gasteiger partial charge < -0.3 is 4.42 Å². The maximum Gasteiger partial charge on any atom is 0.143 e. The predicted octanol–water partition coefficient (Wildman–Crippen LogP) is 13.7. The van der Waals surface area contributed by atoms with Crippen molar-refractivity contribution in [2.24, 2.45) is 0 Å². The second-order valence-electron chi connectivity index (χ2n) is 10.6. The van der Waals surface area contributed by atoms with Crippen molar-refractivity contribution in [3.05, 3.63) is 181 Å². The van der Waals surface area contributed by atoms with Gasteiger partial charge in [-0.3, -0.25) is 0 Å². The van der Waals surface area contributed by atoms with Crippen LogP contribution in [0.3, 0.4) is 0 Å². The zero-order chi connectivity index (χ0) is 57.5. The van der Waals surface area contributed by atoms with Crippen molar-refractivity contribution in [2.75, 3.05) is 0 Å². The van der Waals surface area contributed by atoms with Crippen LogP contribution >= 0.6 is 0 Å². The van der Waals surface area contributed by atoms with Gasteiger partial charge in [-0.1, -0.05) is 163 Å². The first-order valence-corrected chi connectivity index (χ1v) is 14.5. The first-order valence-electron chi connectivity index (χ1n) is 29.0. The minimum absolute atomic E-state index is 0.389. The zero-order valence-corrected chi connectivity index (χ0v) is 24.5. The molecule has 0 saturated heterocycles. The molecule has 0 saturated carbocycles. The second kappa shape index (κ2) is 11.1. The van der Waals surface area contributed by atoms with E-state index < -0.39 is 269 Å².